The summed E-state index contributed by atoms with van der Waals surface area (Å²) in [6.07, 6.45) is 1.18. The highest BCUT2D eigenvalue weighted by Gasteiger charge is 2.05. The van der Waals surface area contributed by atoms with E-state index in [2.05, 4.69) is 0 Å². The van der Waals surface area contributed by atoms with E-state index in [0.29, 0.717) is 11.4 Å². The van der Waals surface area contributed by atoms with Crippen molar-refractivity contribution in [1.29, 1.82) is 0 Å². The molecule has 0 unspecified atom stereocenters. The number of anilines is 1. The molecule has 0 fully saturated rings. The number of benzene rings is 1. The number of ether oxygens (including phenoxy) is 1. The zero-order valence-corrected chi connectivity index (χ0v) is 9.67. The van der Waals surface area contributed by atoms with E-state index in [1.54, 1.807) is 18.2 Å². The summed E-state index contributed by atoms with van der Waals surface area (Å²) in [7, 11) is -2.97. The zero-order chi connectivity index (χ0) is 11.5. The fraction of sp³-hybridized carbons (Fsp3) is 0.400. The van der Waals surface area contributed by atoms with Gasteiger partial charge in [-0.05, 0) is 19.1 Å². The Morgan fingerprint density at radius 1 is 1.40 bits per heavy atom. The van der Waals surface area contributed by atoms with Gasteiger partial charge in [-0.25, -0.2) is 8.42 Å². The Morgan fingerprint density at radius 3 is 2.67 bits per heavy atom. The van der Waals surface area contributed by atoms with Gasteiger partial charge in [0.2, 0.25) is 0 Å². The molecule has 0 heterocycles. The molecule has 0 aliphatic rings. The van der Waals surface area contributed by atoms with Gasteiger partial charge < -0.3 is 10.5 Å². The molecular weight excluding hydrogens is 214 g/mol. The fourth-order valence-corrected chi connectivity index (χ4v) is 1.48. The Labute approximate surface area is 90.0 Å². The van der Waals surface area contributed by atoms with Crippen molar-refractivity contribution in [2.24, 2.45) is 0 Å². The molecule has 0 aliphatic carbocycles. The molecular formula is C10H15NO3S. The van der Waals surface area contributed by atoms with Gasteiger partial charge in [-0.2, -0.15) is 0 Å². The normalized spacial score (nSPS) is 11.3. The Morgan fingerprint density at radius 2 is 2.07 bits per heavy atom. The third kappa shape index (κ3) is 3.79. The predicted molar refractivity (Wildman–Crippen MR) is 60.8 cm³/mol. The van der Waals surface area contributed by atoms with E-state index in [1.165, 1.54) is 6.26 Å². The van der Waals surface area contributed by atoms with Gasteiger partial charge in [0.05, 0.1) is 5.75 Å². The Hall–Kier alpha value is -1.23. The molecule has 0 aliphatic heterocycles. The van der Waals surface area contributed by atoms with Crippen LogP contribution in [0.2, 0.25) is 0 Å². The standard InChI is InChI=1S/C10H15NO3S/c1-8-9(11)4-3-5-10(8)14-6-7-15(2,12)13/h3-5H,6-7,11H2,1-2H3. The van der Waals surface area contributed by atoms with Crippen LogP contribution in [0.25, 0.3) is 0 Å². The Balaban J connectivity index is 2.62. The first-order valence-electron chi connectivity index (χ1n) is 4.56. The van der Waals surface area contributed by atoms with E-state index in [-0.39, 0.29) is 12.4 Å². The minimum Gasteiger partial charge on any atom is -0.492 e. The summed E-state index contributed by atoms with van der Waals surface area (Å²) in [4.78, 5) is 0. The van der Waals surface area contributed by atoms with Crippen molar-refractivity contribution in [3.05, 3.63) is 23.8 Å². The molecule has 84 valence electrons. The van der Waals surface area contributed by atoms with Crippen LogP contribution in [0.4, 0.5) is 5.69 Å². The lowest BCUT2D eigenvalue weighted by Crippen LogP contribution is -2.12. The quantitative estimate of drug-likeness (QED) is 0.782. The monoisotopic (exact) mass is 229 g/mol. The molecule has 15 heavy (non-hydrogen) atoms. The summed E-state index contributed by atoms with van der Waals surface area (Å²) in [5.41, 5.74) is 7.16. The average molecular weight is 229 g/mol. The molecule has 1 aromatic carbocycles. The van der Waals surface area contributed by atoms with E-state index in [4.69, 9.17) is 10.5 Å². The van der Waals surface area contributed by atoms with Gasteiger partial charge in [0.15, 0.2) is 9.84 Å². The number of sulfone groups is 1. The lowest BCUT2D eigenvalue weighted by Gasteiger charge is -2.09. The van der Waals surface area contributed by atoms with E-state index in [1.807, 2.05) is 6.92 Å². The average Bonchev–Trinajstić information content (AvgIpc) is 2.10. The second kappa shape index (κ2) is 4.53. The first kappa shape index (κ1) is 11.8. The van der Waals surface area contributed by atoms with Crippen molar-refractivity contribution >= 4 is 15.5 Å². The maximum atomic E-state index is 10.9. The van der Waals surface area contributed by atoms with Crippen LogP contribution in [0.1, 0.15) is 5.56 Å². The van der Waals surface area contributed by atoms with Crippen LogP contribution in [0.5, 0.6) is 5.75 Å². The van der Waals surface area contributed by atoms with E-state index in [9.17, 15) is 8.42 Å². The Bertz CT molecular complexity index is 440. The van der Waals surface area contributed by atoms with Gasteiger partial charge in [0.25, 0.3) is 0 Å². The zero-order valence-electron chi connectivity index (χ0n) is 8.86. The number of nitrogen functional groups attached to an aromatic ring is 1. The van der Waals surface area contributed by atoms with E-state index < -0.39 is 9.84 Å². The molecule has 0 saturated carbocycles. The molecule has 0 bridgehead atoms. The predicted octanol–water partition coefficient (Wildman–Crippen LogP) is 1.00. The van der Waals surface area contributed by atoms with Crippen LogP contribution >= 0.6 is 0 Å². The van der Waals surface area contributed by atoms with Crippen LogP contribution in [0.3, 0.4) is 0 Å². The van der Waals surface area contributed by atoms with Gasteiger partial charge in [0.1, 0.15) is 12.4 Å². The van der Waals surface area contributed by atoms with Crippen LogP contribution in [0.15, 0.2) is 18.2 Å². The van der Waals surface area contributed by atoms with Crippen molar-refractivity contribution in [3.63, 3.8) is 0 Å². The number of rotatable bonds is 4. The maximum Gasteiger partial charge on any atom is 0.150 e. The number of hydrogen-bond acceptors (Lipinski definition) is 4. The largest absolute Gasteiger partial charge is 0.492 e. The van der Waals surface area contributed by atoms with Crippen molar-refractivity contribution < 1.29 is 13.2 Å². The molecule has 0 atom stereocenters. The molecule has 2 N–H and O–H groups in total. The first-order chi connectivity index (χ1) is 6.90. The molecule has 4 nitrogen and oxygen atoms in total. The molecule has 0 radical (unpaired) electrons. The highest BCUT2D eigenvalue weighted by atomic mass is 32.2. The molecule has 1 aromatic rings. The highest BCUT2D eigenvalue weighted by molar-refractivity contribution is 7.90. The molecule has 0 saturated heterocycles. The van der Waals surface area contributed by atoms with Crippen molar-refractivity contribution in [3.8, 4) is 5.75 Å². The second-order valence-corrected chi connectivity index (χ2v) is 5.71. The van der Waals surface area contributed by atoms with Crippen molar-refractivity contribution in [1.82, 2.24) is 0 Å². The molecule has 0 amide bonds. The minimum absolute atomic E-state index is 0.0151. The number of hydrogen-bond donors (Lipinski definition) is 1. The van der Waals surface area contributed by atoms with E-state index in [0.717, 1.165) is 5.56 Å². The summed E-state index contributed by atoms with van der Waals surface area (Å²) in [6, 6.07) is 5.32. The fourth-order valence-electron chi connectivity index (χ4n) is 1.09. The minimum atomic E-state index is -2.97. The summed E-state index contributed by atoms with van der Waals surface area (Å²) in [6.45, 7) is 1.99. The molecule has 0 aromatic heterocycles. The topological polar surface area (TPSA) is 69.4 Å². The van der Waals surface area contributed by atoms with Crippen LogP contribution < -0.4 is 10.5 Å². The second-order valence-electron chi connectivity index (χ2n) is 3.45. The Kier molecular flexibility index (Phi) is 3.57. The molecule has 1 rings (SSSR count). The number of nitrogens with two attached hydrogens (primary N) is 1. The lowest BCUT2D eigenvalue weighted by molar-refractivity contribution is 0.339. The van der Waals surface area contributed by atoms with E-state index >= 15 is 0 Å². The maximum absolute atomic E-state index is 10.9. The van der Waals surface area contributed by atoms with Crippen molar-refractivity contribution in [2.45, 2.75) is 6.92 Å². The third-order valence-corrected chi connectivity index (χ3v) is 2.95. The smallest absolute Gasteiger partial charge is 0.150 e. The lowest BCUT2D eigenvalue weighted by atomic mass is 10.2. The van der Waals surface area contributed by atoms with Gasteiger partial charge in [-0.15, -0.1) is 0 Å². The van der Waals surface area contributed by atoms with Crippen LogP contribution in [-0.2, 0) is 9.84 Å². The molecule has 5 heteroatoms. The summed E-state index contributed by atoms with van der Waals surface area (Å²) in [5, 5.41) is 0. The van der Waals surface area contributed by atoms with Gasteiger partial charge in [-0.3, -0.25) is 0 Å². The first-order valence-corrected chi connectivity index (χ1v) is 6.62. The highest BCUT2D eigenvalue weighted by Crippen LogP contribution is 2.22. The summed E-state index contributed by atoms with van der Waals surface area (Å²) >= 11 is 0. The van der Waals surface area contributed by atoms with Gasteiger partial charge >= 0.3 is 0 Å². The van der Waals surface area contributed by atoms with Gasteiger partial charge in [0, 0.05) is 17.5 Å². The summed E-state index contributed by atoms with van der Waals surface area (Å²) < 4.78 is 27.1. The molecule has 0 spiro atoms. The summed E-state index contributed by atoms with van der Waals surface area (Å²) in [5.74, 6) is 0.653. The van der Waals surface area contributed by atoms with Crippen LogP contribution in [0, 0.1) is 6.92 Å². The van der Waals surface area contributed by atoms with Gasteiger partial charge in [-0.1, -0.05) is 6.07 Å². The van der Waals surface area contributed by atoms with Crippen LogP contribution in [-0.4, -0.2) is 27.0 Å². The SMILES string of the molecule is Cc1c(N)cccc1OCCS(C)(=O)=O. The third-order valence-electron chi connectivity index (χ3n) is 2.04. The van der Waals surface area contributed by atoms with Crippen molar-refractivity contribution in [2.75, 3.05) is 24.3 Å².